The van der Waals surface area contributed by atoms with E-state index in [1.165, 1.54) is 24.0 Å². The van der Waals surface area contributed by atoms with Crippen molar-refractivity contribution in [2.24, 2.45) is 5.41 Å². The van der Waals surface area contributed by atoms with Crippen LogP contribution in [0.2, 0.25) is 0 Å². The SMILES string of the molecule is C[C@H](NC(=O)N1Cc2ccccc2C2(CC2)C1)C(C)(C)CN(C)C. The lowest BCUT2D eigenvalue weighted by atomic mass is 9.84. The summed E-state index contributed by atoms with van der Waals surface area (Å²) in [6, 6.07) is 8.84. The standard InChI is InChI=1S/C20H31N3O/c1-15(19(2,3)13-22(4)5)21-18(24)23-12-16-8-6-7-9-17(16)20(14-23)10-11-20/h6-9,15H,10-14H2,1-5H3,(H,21,24)/t15-/m0/s1. The largest absolute Gasteiger partial charge is 0.335 e. The molecule has 1 saturated carbocycles. The number of rotatable bonds is 4. The second-order valence-electron chi connectivity index (χ2n) is 8.69. The van der Waals surface area contributed by atoms with Crippen LogP contribution in [0.4, 0.5) is 4.79 Å². The zero-order chi connectivity index (χ0) is 17.5. The van der Waals surface area contributed by atoms with Gasteiger partial charge in [-0.1, -0.05) is 38.1 Å². The Bertz CT molecular complexity index is 619. The molecule has 1 atom stereocenters. The van der Waals surface area contributed by atoms with Gasteiger partial charge in [0.15, 0.2) is 0 Å². The molecule has 2 aliphatic rings. The van der Waals surface area contributed by atoms with Gasteiger partial charge in [0.25, 0.3) is 0 Å². The monoisotopic (exact) mass is 329 g/mol. The minimum Gasteiger partial charge on any atom is -0.335 e. The van der Waals surface area contributed by atoms with Crippen molar-refractivity contribution >= 4 is 6.03 Å². The topological polar surface area (TPSA) is 35.6 Å². The number of carbonyl (C=O) groups is 1. The van der Waals surface area contributed by atoms with Crippen LogP contribution in [0.25, 0.3) is 0 Å². The lowest BCUT2D eigenvalue weighted by molar-refractivity contribution is 0.152. The molecule has 1 aromatic carbocycles. The summed E-state index contributed by atoms with van der Waals surface area (Å²) in [7, 11) is 4.16. The molecular weight excluding hydrogens is 298 g/mol. The van der Waals surface area contributed by atoms with Gasteiger partial charge in [0.05, 0.1) is 0 Å². The second kappa shape index (κ2) is 6.07. The molecule has 1 heterocycles. The van der Waals surface area contributed by atoms with Crippen molar-refractivity contribution in [1.29, 1.82) is 0 Å². The third kappa shape index (κ3) is 3.30. The third-order valence-corrected chi connectivity index (χ3v) is 5.82. The van der Waals surface area contributed by atoms with Gasteiger partial charge in [0.2, 0.25) is 0 Å². The van der Waals surface area contributed by atoms with Crippen LogP contribution in [0.15, 0.2) is 24.3 Å². The van der Waals surface area contributed by atoms with Crippen LogP contribution in [0, 0.1) is 5.41 Å². The van der Waals surface area contributed by atoms with Crippen LogP contribution in [0.5, 0.6) is 0 Å². The van der Waals surface area contributed by atoms with E-state index in [9.17, 15) is 4.79 Å². The molecule has 1 aliphatic heterocycles. The Morgan fingerprint density at radius 2 is 2.00 bits per heavy atom. The molecule has 4 heteroatoms. The smallest absolute Gasteiger partial charge is 0.317 e. The summed E-state index contributed by atoms with van der Waals surface area (Å²) in [6.07, 6.45) is 2.41. The molecule has 1 aromatic rings. The molecule has 0 aromatic heterocycles. The Kier molecular flexibility index (Phi) is 4.37. The molecule has 24 heavy (non-hydrogen) atoms. The maximum absolute atomic E-state index is 12.9. The zero-order valence-electron chi connectivity index (χ0n) is 15.7. The first kappa shape index (κ1) is 17.3. The normalized spacial score (nSPS) is 20.0. The van der Waals surface area contributed by atoms with Gasteiger partial charge in [-0.2, -0.15) is 0 Å². The van der Waals surface area contributed by atoms with Gasteiger partial charge in [-0.15, -0.1) is 0 Å². The molecule has 0 saturated heterocycles. The van der Waals surface area contributed by atoms with Crippen LogP contribution in [0.3, 0.4) is 0 Å². The average molecular weight is 329 g/mol. The van der Waals surface area contributed by atoms with Crippen LogP contribution in [-0.4, -0.2) is 49.1 Å². The number of amides is 2. The molecule has 132 valence electrons. The number of nitrogens with zero attached hydrogens (tertiary/aromatic N) is 2. The van der Waals surface area contributed by atoms with E-state index in [1.807, 2.05) is 4.90 Å². The van der Waals surface area contributed by atoms with Gasteiger partial charge in [-0.3, -0.25) is 0 Å². The first-order valence-electron chi connectivity index (χ1n) is 9.02. The number of carbonyl (C=O) groups excluding carboxylic acids is 1. The summed E-state index contributed by atoms with van der Waals surface area (Å²) in [4.78, 5) is 17.1. The van der Waals surface area contributed by atoms with Gasteiger partial charge >= 0.3 is 6.03 Å². The summed E-state index contributed by atoms with van der Waals surface area (Å²) < 4.78 is 0. The van der Waals surface area contributed by atoms with Crippen molar-refractivity contribution in [1.82, 2.24) is 15.1 Å². The maximum atomic E-state index is 12.9. The van der Waals surface area contributed by atoms with Crippen molar-refractivity contribution in [3.8, 4) is 0 Å². The Morgan fingerprint density at radius 1 is 1.33 bits per heavy atom. The lowest BCUT2D eigenvalue weighted by Crippen LogP contribution is -2.53. The molecule has 0 bridgehead atoms. The minimum absolute atomic E-state index is 0.0319. The highest BCUT2D eigenvalue weighted by atomic mass is 16.2. The first-order valence-corrected chi connectivity index (χ1v) is 9.02. The molecule has 0 radical (unpaired) electrons. The Morgan fingerprint density at radius 3 is 2.62 bits per heavy atom. The van der Waals surface area contributed by atoms with E-state index in [1.54, 1.807) is 0 Å². The van der Waals surface area contributed by atoms with E-state index in [4.69, 9.17) is 0 Å². The quantitative estimate of drug-likeness (QED) is 0.920. The average Bonchev–Trinajstić information content (AvgIpc) is 3.26. The van der Waals surface area contributed by atoms with Gasteiger partial charge in [-0.05, 0) is 50.4 Å². The maximum Gasteiger partial charge on any atom is 0.317 e. The van der Waals surface area contributed by atoms with Crippen LogP contribution >= 0.6 is 0 Å². The summed E-state index contributed by atoms with van der Waals surface area (Å²) in [5, 5.41) is 3.25. The number of hydrogen-bond donors (Lipinski definition) is 1. The third-order valence-electron chi connectivity index (χ3n) is 5.82. The van der Waals surface area contributed by atoms with Crippen molar-refractivity contribution in [3.63, 3.8) is 0 Å². The molecule has 1 aliphatic carbocycles. The molecular formula is C20H31N3O. The summed E-state index contributed by atoms with van der Waals surface area (Å²) in [5.41, 5.74) is 3.05. The van der Waals surface area contributed by atoms with Crippen molar-refractivity contribution in [3.05, 3.63) is 35.4 Å². The van der Waals surface area contributed by atoms with Crippen LogP contribution in [-0.2, 0) is 12.0 Å². The second-order valence-corrected chi connectivity index (χ2v) is 8.69. The van der Waals surface area contributed by atoms with E-state index in [0.29, 0.717) is 0 Å². The molecule has 1 fully saturated rings. The highest BCUT2D eigenvalue weighted by Crippen LogP contribution is 2.52. The molecule has 0 unspecified atom stereocenters. The van der Waals surface area contributed by atoms with Gasteiger partial charge in [-0.25, -0.2) is 4.79 Å². The summed E-state index contributed by atoms with van der Waals surface area (Å²) >= 11 is 0. The zero-order valence-corrected chi connectivity index (χ0v) is 15.7. The summed E-state index contributed by atoms with van der Waals surface area (Å²) in [6.45, 7) is 9.08. The van der Waals surface area contributed by atoms with E-state index in [2.05, 4.69) is 69.3 Å². The van der Waals surface area contributed by atoms with Gasteiger partial charge in [0, 0.05) is 31.1 Å². The van der Waals surface area contributed by atoms with Crippen molar-refractivity contribution in [2.45, 2.75) is 51.6 Å². The van der Waals surface area contributed by atoms with E-state index >= 15 is 0 Å². The molecule has 1 N–H and O–H groups in total. The first-order chi connectivity index (χ1) is 11.2. The molecule has 4 nitrogen and oxygen atoms in total. The molecule has 3 rings (SSSR count). The van der Waals surface area contributed by atoms with Gasteiger partial charge in [0.1, 0.15) is 0 Å². The van der Waals surface area contributed by atoms with Crippen molar-refractivity contribution < 1.29 is 4.79 Å². The summed E-state index contributed by atoms with van der Waals surface area (Å²) in [5.74, 6) is 0. The van der Waals surface area contributed by atoms with E-state index in [-0.39, 0.29) is 22.9 Å². The number of hydrogen-bond acceptors (Lipinski definition) is 2. The number of urea groups is 1. The fourth-order valence-corrected chi connectivity index (χ4v) is 4.03. The Hall–Kier alpha value is -1.55. The lowest BCUT2D eigenvalue weighted by Gasteiger charge is -2.39. The van der Waals surface area contributed by atoms with Gasteiger partial charge < -0.3 is 15.1 Å². The Labute approximate surface area is 146 Å². The van der Waals surface area contributed by atoms with Crippen LogP contribution < -0.4 is 5.32 Å². The number of fused-ring (bicyclic) bond motifs is 2. The van der Waals surface area contributed by atoms with E-state index in [0.717, 1.165) is 19.6 Å². The predicted octanol–water partition coefficient (Wildman–Crippen LogP) is 3.22. The molecule has 1 spiro atoms. The number of nitrogens with one attached hydrogen (secondary N) is 1. The highest BCUT2D eigenvalue weighted by molar-refractivity contribution is 5.75. The van der Waals surface area contributed by atoms with Crippen LogP contribution in [0.1, 0.15) is 44.7 Å². The Balaban J connectivity index is 1.69. The predicted molar refractivity (Wildman–Crippen MR) is 98.1 cm³/mol. The minimum atomic E-state index is 0.0319. The highest BCUT2D eigenvalue weighted by Gasteiger charge is 2.50. The van der Waals surface area contributed by atoms with Crippen molar-refractivity contribution in [2.75, 3.05) is 27.2 Å². The fourth-order valence-electron chi connectivity index (χ4n) is 4.03. The number of benzene rings is 1. The fraction of sp³-hybridized carbons (Fsp3) is 0.650. The molecule has 2 amide bonds. The van der Waals surface area contributed by atoms with E-state index < -0.39 is 0 Å².